The van der Waals surface area contributed by atoms with Crippen molar-refractivity contribution in [3.63, 3.8) is 0 Å². The van der Waals surface area contributed by atoms with Crippen LogP contribution in [0.2, 0.25) is 0 Å². The van der Waals surface area contributed by atoms with Crippen molar-refractivity contribution in [1.82, 2.24) is 14.8 Å². The number of hydrogen-bond acceptors (Lipinski definition) is 4. The number of carbonyl (C=O) groups excluding carboxylic acids is 2. The summed E-state index contributed by atoms with van der Waals surface area (Å²) in [5, 5.41) is 0. The van der Waals surface area contributed by atoms with Crippen LogP contribution in [0.4, 0.5) is 0 Å². The smallest absolute Gasteiger partial charge is 0.259 e. The lowest BCUT2D eigenvalue weighted by Gasteiger charge is -2.35. The quantitative estimate of drug-likeness (QED) is 0.846. The minimum absolute atomic E-state index is 0.0127. The second-order valence-corrected chi connectivity index (χ2v) is 6.20. The van der Waals surface area contributed by atoms with Gasteiger partial charge >= 0.3 is 0 Å². The van der Waals surface area contributed by atoms with E-state index in [1.54, 1.807) is 28.1 Å². The Kier molecular flexibility index (Phi) is 5.51. The monoisotopic (exact) mass is 353 g/mol. The molecule has 2 amide bonds. The fourth-order valence-electron chi connectivity index (χ4n) is 3.06. The average Bonchev–Trinajstić information content (AvgIpc) is 2.73. The molecular weight excluding hydrogens is 330 g/mol. The van der Waals surface area contributed by atoms with Gasteiger partial charge < -0.3 is 14.5 Å². The van der Waals surface area contributed by atoms with Gasteiger partial charge in [0.15, 0.2) is 0 Å². The first-order chi connectivity index (χ1) is 12.6. The number of aryl methyl sites for hydroxylation is 1. The molecule has 3 rings (SSSR count). The lowest BCUT2D eigenvalue weighted by atomic mass is 10.1. The molecule has 0 aliphatic carbocycles. The lowest BCUT2D eigenvalue weighted by molar-refractivity contribution is 0.0533. The van der Waals surface area contributed by atoms with E-state index in [0.29, 0.717) is 43.2 Å². The Morgan fingerprint density at radius 1 is 1.00 bits per heavy atom. The van der Waals surface area contributed by atoms with E-state index in [0.717, 1.165) is 6.42 Å². The molecule has 1 aromatic carbocycles. The van der Waals surface area contributed by atoms with Crippen molar-refractivity contribution in [1.29, 1.82) is 0 Å². The Morgan fingerprint density at radius 3 is 2.19 bits per heavy atom. The number of piperazine rings is 1. The van der Waals surface area contributed by atoms with Crippen molar-refractivity contribution >= 4 is 11.8 Å². The van der Waals surface area contributed by atoms with E-state index in [1.165, 1.54) is 12.7 Å². The van der Waals surface area contributed by atoms with Crippen molar-refractivity contribution in [3.05, 3.63) is 59.3 Å². The first-order valence-electron chi connectivity index (χ1n) is 8.80. The molecule has 6 heteroatoms. The van der Waals surface area contributed by atoms with Gasteiger partial charge in [0.05, 0.1) is 7.11 Å². The molecule has 2 aromatic rings. The van der Waals surface area contributed by atoms with Crippen molar-refractivity contribution in [2.75, 3.05) is 33.3 Å². The average molecular weight is 353 g/mol. The van der Waals surface area contributed by atoms with Gasteiger partial charge in [-0.2, -0.15) is 0 Å². The van der Waals surface area contributed by atoms with Crippen molar-refractivity contribution in [2.45, 2.75) is 13.3 Å². The summed E-state index contributed by atoms with van der Waals surface area (Å²) < 4.78 is 5.17. The first-order valence-corrected chi connectivity index (χ1v) is 8.80. The molecule has 1 saturated heterocycles. The highest BCUT2D eigenvalue weighted by molar-refractivity contribution is 5.97. The Hall–Kier alpha value is -2.89. The standard InChI is InChI=1S/C20H23N3O3/c1-3-15-6-8-16(9-7-15)19(24)22-11-13-23(14-12-22)20(25)17-5-4-10-21-18(17)26-2/h4-10H,3,11-14H2,1-2H3. The predicted molar refractivity (Wildman–Crippen MR) is 98.4 cm³/mol. The first kappa shape index (κ1) is 17.9. The maximum atomic E-state index is 12.7. The van der Waals surface area contributed by atoms with Crippen LogP contribution >= 0.6 is 0 Å². The summed E-state index contributed by atoms with van der Waals surface area (Å²) in [6.45, 7) is 4.11. The van der Waals surface area contributed by atoms with Crippen LogP contribution in [0.15, 0.2) is 42.6 Å². The summed E-state index contributed by atoms with van der Waals surface area (Å²) in [7, 11) is 1.50. The number of pyridine rings is 1. The normalized spacial score (nSPS) is 14.2. The fourth-order valence-corrected chi connectivity index (χ4v) is 3.06. The molecule has 2 heterocycles. The number of hydrogen-bond donors (Lipinski definition) is 0. The van der Waals surface area contributed by atoms with Gasteiger partial charge in [0.2, 0.25) is 5.88 Å². The largest absolute Gasteiger partial charge is 0.480 e. The SMILES string of the molecule is CCc1ccc(C(=O)N2CCN(C(=O)c3cccnc3OC)CC2)cc1. The molecule has 0 radical (unpaired) electrons. The third-order valence-electron chi connectivity index (χ3n) is 4.66. The summed E-state index contributed by atoms with van der Waals surface area (Å²) in [4.78, 5) is 32.9. The number of rotatable bonds is 4. The number of methoxy groups -OCH3 is 1. The van der Waals surface area contributed by atoms with E-state index in [4.69, 9.17) is 4.74 Å². The second kappa shape index (κ2) is 7.99. The summed E-state index contributed by atoms with van der Waals surface area (Å²) in [6.07, 6.45) is 2.54. The molecule has 0 saturated carbocycles. The molecule has 0 bridgehead atoms. The maximum Gasteiger partial charge on any atom is 0.259 e. The lowest BCUT2D eigenvalue weighted by Crippen LogP contribution is -2.50. The Labute approximate surface area is 153 Å². The fraction of sp³-hybridized carbons (Fsp3) is 0.350. The molecule has 0 spiro atoms. The number of aromatic nitrogens is 1. The number of nitrogens with zero attached hydrogens (tertiary/aromatic N) is 3. The zero-order valence-electron chi connectivity index (χ0n) is 15.1. The molecule has 0 unspecified atom stereocenters. The van der Waals surface area contributed by atoms with Gasteiger partial charge in [0.25, 0.3) is 11.8 Å². The molecule has 0 N–H and O–H groups in total. The summed E-state index contributed by atoms with van der Waals surface area (Å²) in [6, 6.07) is 11.2. The Balaban J connectivity index is 1.63. The van der Waals surface area contributed by atoms with Crippen LogP contribution in [-0.4, -0.2) is 59.9 Å². The Bertz CT molecular complexity index is 781. The second-order valence-electron chi connectivity index (χ2n) is 6.20. The molecule has 6 nitrogen and oxygen atoms in total. The van der Waals surface area contributed by atoms with Crippen LogP contribution in [0.3, 0.4) is 0 Å². The number of benzene rings is 1. The third kappa shape index (κ3) is 3.69. The van der Waals surface area contributed by atoms with Gasteiger partial charge in [-0.15, -0.1) is 0 Å². The number of ether oxygens (including phenoxy) is 1. The molecule has 0 atom stereocenters. The van der Waals surface area contributed by atoms with E-state index < -0.39 is 0 Å². The topological polar surface area (TPSA) is 62.7 Å². The number of carbonyl (C=O) groups is 2. The van der Waals surface area contributed by atoms with E-state index in [2.05, 4.69) is 11.9 Å². The van der Waals surface area contributed by atoms with Gasteiger partial charge in [-0.1, -0.05) is 19.1 Å². The molecular formula is C20H23N3O3. The summed E-state index contributed by atoms with van der Waals surface area (Å²) in [5.74, 6) is 0.222. The zero-order valence-corrected chi connectivity index (χ0v) is 15.1. The van der Waals surface area contributed by atoms with Crippen molar-refractivity contribution in [2.24, 2.45) is 0 Å². The molecule has 1 aromatic heterocycles. The molecule has 1 aliphatic heterocycles. The van der Waals surface area contributed by atoms with E-state index >= 15 is 0 Å². The predicted octanol–water partition coefficient (Wildman–Crippen LogP) is 2.25. The minimum atomic E-state index is -0.116. The van der Waals surface area contributed by atoms with Crippen LogP contribution in [0.25, 0.3) is 0 Å². The molecule has 1 fully saturated rings. The summed E-state index contributed by atoms with van der Waals surface area (Å²) in [5.41, 5.74) is 2.35. The highest BCUT2D eigenvalue weighted by Gasteiger charge is 2.27. The molecule has 136 valence electrons. The maximum absolute atomic E-state index is 12.7. The van der Waals surface area contributed by atoms with Crippen LogP contribution in [0.1, 0.15) is 33.2 Å². The minimum Gasteiger partial charge on any atom is -0.480 e. The molecule has 1 aliphatic rings. The van der Waals surface area contributed by atoms with Crippen LogP contribution in [0.5, 0.6) is 5.88 Å². The van der Waals surface area contributed by atoms with Gasteiger partial charge in [-0.25, -0.2) is 4.98 Å². The van der Waals surface area contributed by atoms with Crippen molar-refractivity contribution < 1.29 is 14.3 Å². The van der Waals surface area contributed by atoms with Crippen LogP contribution < -0.4 is 4.74 Å². The van der Waals surface area contributed by atoms with Gasteiger partial charge in [0.1, 0.15) is 5.56 Å². The number of amides is 2. The third-order valence-corrected chi connectivity index (χ3v) is 4.66. The van der Waals surface area contributed by atoms with E-state index in [-0.39, 0.29) is 11.8 Å². The van der Waals surface area contributed by atoms with Gasteiger partial charge in [-0.05, 0) is 36.2 Å². The van der Waals surface area contributed by atoms with Crippen LogP contribution in [0, 0.1) is 0 Å². The Morgan fingerprint density at radius 2 is 1.62 bits per heavy atom. The summed E-state index contributed by atoms with van der Waals surface area (Å²) >= 11 is 0. The van der Waals surface area contributed by atoms with E-state index in [1.807, 2.05) is 24.3 Å². The highest BCUT2D eigenvalue weighted by atomic mass is 16.5. The van der Waals surface area contributed by atoms with Crippen molar-refractivity contribution in [3.8, 4) is 5.88 Å². The molecule has 26 heavy (non-hydrogen) atoms. The van der Waals surface area contributed by atoms with Crippen LogP contribution in [-0.2, 0) is 6.42 Å². The zero-order chi connectivity index (χ0) is 18.5. The highest BCUT2D eigenvalue weighted by Crippen LogP contribution is 2.18. The van der Waals surface area contributed by atoms with E-state index in [9.17, 15) is 9.59 Å². The van der Waals surface area contributed by atoms with Gasteiger partial charge in [-0.3, -0.25) is 9.59 Å². The van der Waals surface area contributed by atoms with Gasteiger partial charge in [0, 0.05) is 37.9 Å².